The van der Waals surface area contributed by atoms with E-state index >= 15 is 0 Å². The van der Waals surface area contributed by atoms with Crippen molar-refractivity contribution >= 4 is 11.0 Å². The van der Waals surface area contributed by atoms with E-state index in [4.69, 9.17) is 28.1 Å². The molecule has 0 amide bonds. The van der Waals surface area contributed by atoms with Crippen molar-refractivity contribution in [2.24, 2.45) is 0 Å². The standard InChI is InChI=1S/C18H22O7/c1-13-10-18(19)25-15-12-17-16(11-14(13)15)23-8-6-21-4-2-20-3-5-22-7-9-24-17/h10-12H,2-9H2,1H3. The molecule has 0 aliphatic carbocycles. The van der Waals surface area contributed by atoms with Gasteiger partial charge in [0.1, 0.15) is 18.8 Å². The number of hydrogen-bond acceptors (Lipinski definition) is 7. The zero-order chi connectivity index (χ0) is 17.5. The fourth-order valence-corrected chi connectivity index (χ4v) is 2.51. The molecule has 0 spiro atoms. The quantitative estimate of drug-likeness (QED) is 0.672. The Kier molecular flexibility index (Phi) is 6.27. The van der Waals surface area contributed by atoms with Crippen molar-refractivity contribution < 1.29 is 28.1 Å². The molecule has 136 valence electrons. The third-order valence-corrected chi connectivity index (χ3v) is 3.73. The van der Waals surface area contributed by atoms with Crippen molar-refractivity contribution in [1.29, 1.82) is 0 Å². The van der Waals surface area contributed by atoms with Gasteiger partial charge in [-0.3, -0.25) is 0 Å². The monoisotopic (exact) mass is 350 g/mol. The summed E-state index contributed by atoms with van der Waals surface area (Å²) in [5.74, 6) is 1.09. The fraction of sp³-hybridized carbons (Fsp3) is 0.500. The summed E-state index contributed by atoms with van der Waals surface area (Å²) in [6, 6.07) is 4.96. The Bertz CT molecular complexity index is 753. The molecule has 0 saturated carbocycles. The average molecular weight is 350 g/mol. The largest absolute Gasteiger partial charge is 0.487 e. The van der Waals surface area contributed by atoms with Gasteiger partial charge in [-0.25, -0.2) is 4.79 Å². The molecule has 0 atom stereocenters. The van der Waals surface area contributed by atoms with Crippen molar-refractivity contribution in [2.75, 3.05) is 52.9 Å². The molecular weight excluding hydrogens is 328 g/mol. The van der Waals surface area contributed by atoms with Gasteiger partial charge in [0.25, 0.3) is 0 Å². The summed E-state index contributed by atoms with van der Waals surface area (Å²) >= 11 is 0. The van der Waals surface area contributed by atoms with Crippen LogP contribution in [0.2, 0.25) is 0 Å². The summed E-state index contributed by atoms with van der Waals surface area (Å²) in [7, 11) is 0. The zero-order valence-corrected chi connectivity index (χ0v) is 14.2. The van der Waals surface area contributed by atoms with E-state index in [1.165, 1.54) is 6.07 Å². The highest BCUT2D eigenvalue weighted by atomic mass is 16.6. The molecule has 2 aromatic rings. The summed E-state index contributed by atoms with van der Waals surface area (Å²) in [5, 5.41) is 0.811. The number of ether oxygens (including phenoxy) is 5. The first-order valence-electron chi connectivity index (χ1n) is 8.31. The molecule has 0 bridgehead atoms. The Hall–Kier alpha value is -2.09. The van der Waals surface area contributed by atoms with Gasteiger partial charge in [-0.1, -0.05) is 0 Å². The molecule has 3 rings (SSSR count). The van der Waals surface area contributed by atoms with Crippen LogP contribution < -0.4 is 15.1 Å². The molecule has 0 unspecified atom stereocenters. The van der Waals surface area contributed by atoms with Crippen LogP contribution in [-0.2, 0) is 14.2 Å². The topological polar surface area (TPSA) is 76.4 Å². The van der Waals surface area contributed by atoms with Crippen LogP contribution in [0.4, 0.5) is 0 Å². The van der Waals surface area contributed by atoms with Crippen LogP contribution in [-0.4, -0.2) is 52.9 Å². The van der Waals surface area contributed by atoms with Gasteiger partial charge in [-0.15, -0.1) is 0 Å². The van der Waals surface area contributed by atoms with Crippen LogP contribution in [0.5, 0.6) is 11.5 Å². The van der Waals surface area contributed by atoms with Gasteiger partial charge < -0.3 is 28.1 Å². The lowest BCUT2D eigenvalue weighted by molar-refractivity contribution is 0.00708. The molecular formula is C18H22O7. The van der Waals surface area contributed by atoms with E-state index in [1.54, 1.807) is 6.07 Å². The third kappa shape index (κ3) is 4.94. The van der Waals surface area contributed by atoms with Crippen molar-refractivity contribution in [1.82, 2.24) is 0 Å². The number of rotatable bonds is 0. The maximum Gasteiger partial charge on any atom is 0.336 e. The van der Waals surface area contributed by atoms with Crippen LogP contribution >= 0.6 is 0 Å². The maximum atomic E-state index is 11.6. The highest BCUT2D eigenvalue weighted by Gasteiger charge is 2.12. The van der Waals surface area contributed by atoms with E-state index < -0.39 is 0 Å². The number of benzene rings is 1. The second kappa shape index (κ2) is 8.84. The molecule has 7 nitrogen and oxygen atoms in total. The molecule has 1 aliphatic heterocycles. The minimum absolute atomic E-state index is 0.356. The van der Waals surface area contributed by atoms with E-state index in [9.17, 15) is 4.79 Å². The predicted molar refractivity (Wildman–Crippen MR) is 90.7 cm³/mol. The molecule has 1 aromatic carbocycles. The minimum Gasteiger partial charge on any atom is -0.487 e. The molecule has 25 heavy (non-hydrogen) atoms. The highest BCUT2D eigenvalue weighted by Crippen LogP contribution is 2.33. The van der Waals surface area contributed by atoms with Crippen molar-refractivity contribution in [2.45, 2.75) is 6.92 Å². The molecule has 1 aliphatic rings. The van der Waals surface area contributed by atoms with Gasteiger partial charge in [-0.2, -0.15) is 0 Å². The SMILES string of the molecule is Cc1cc(=O)oc2cc3c(cc12)OCCOCCOCCOCCO3. The zero-order valence-electron chi connectivity index (χ0n) is 14.2. The van der Waals surface area contributed by atoms with Crippen LogP contribution in [0.1, 0.15) is 5.56 Å². The van der Waals surface area contributed by atoms with E-state index in [-0.39, 0.29) is 5.63 Å². The molecule has 7 heteroatoms. The number of hydrogen-bond donors (Lipinski definition) is 0. The van der Waals surface area contributed by atoms with Gasteiger partial charge in [0.05, 0.1) is 39.6 Å². The lowest BCUT2D eigenvalue weighted by Crippen LogP contribution is -2.13. The van der Waals surface area contributed by atoms with Crippen molar-refractivity contribution in [3.05, 3.63) is 34.2 Å². The van der Waals surface area contributed by atoms with Crippen LogP contribution in [0, 0.1) is 6.92 Å². The smallest absolute Gasteiger partial charge is 0.336 e. The fourth-order valence-electron chi connectivity index (χ4n) is 2.51. The molecule has 0 saturated heterocycles. The Morgan fingerprint density at radius 3 is 1.84 bits per heavy atom. The second-order valence-corrected chi connectivity index (χ2v) is 5.58. The summed E-state index contributed by atoms with van der Waals surface area (Å²) in [5.41, 5.74) is 0.904. The molecule has 2 heterocycles. The lowest BCUT2D eigenvalue weighted by Gasteiger charge is -2.14. The van der Waals surface area contributed by atoms with Gasteiger partial charge in [0.15, 0.2) is 11.5 Å². The minimum atomic E-state index is -0.389. The maximum absolute atomic E-state index is 11.6. The van der Waals surface area contributed by atoms with Gasteiger partial charge >= 0.3 is 5.63 Å². The first kappa shape index (κ1) is 17.7. The number of aryl methyl sites for hydroxylation is 1. The highest BCUT2D eigenvalue weighted by molar-refractivity contribution is 5.83. The van der Waals surface area contributed by atoms with Gasteiger partial charge in [0.2, 0.25) is 0 Å². The van der Waals surface area contributed by atoms with Crippen LogP contribution in [0.3, 0.4) is 0 Å². The van der Waals surface area contributed by atoms with E-state index in [1.807, 2.05) is 13.0 Å². The lowest BCUT2D eigenvalue weighted by atomic mass is 10.1. The Balaban J connectivity index is 1.84. The van der Waals surface area contributed by atoms with Crippen LogP contribution in [0.25, 0.3) is 11.0 Å². The number of fused-ring (bicyclic) bond motifs is 2. The van der Waals surface area contributed by atoms with Crippen molar-refractivity contribution in [3.63, 3.8) is 0 Å². The summed E-state index contributed by atoms with van der Waals surface area (Å²) < 4.78 is 33.1. The summed E-state index contributed by atoms with van der Waals surface area (Å²) in [6.07, 6.45) is 0. The van der Waals surface area contributed by atoms with Gasteiger partial charge in [-0.05, 0) is 18.6 Å². The van der Waals surface area contributed by atoms with Gasteiger partial charge in [0, 0.05) is 17.5 Å². The molecule has 0 radical (unpaired) electrons. The Morgan fingerprint density at radius 2 is 1.24 bits per heavy atom. The predicted octanol–water partition coefficient (Wildman–Crippen LogP) is 1.92. The van der Waals surface area contributed by atoms with E-state index in [2.05, 4.69) is 0 Å². The van der Waals surface area contributed by atoms with E-state index in [0.29, 0.717) is 69.9 Å². The Morgan fingerprint density at radius 1 is 0.720 bits per heavy atom. The normalized spacial score (nSPS) is 17.6. The molecule has 0 fully saturated rings. The summed E-state index contributed by atoms with van der Waals surface area (Å²) in [4.78, 5) is 11.6. The Labute approximate surface area is 145 Å². The van der Waals surface area contributed by atoms with E-state index in [0.717, 1.165) is 10.9 Å². The summed E-state index contributed by atoms with van der Waals surface area (Å²) in [6.45, 7) is 5.52. The first-order valence-corrected chi connectivity index (χ1v) is 8.31. The van der Waals surface area contributed by atoms with Crippen molar-refractivity contribution in [3.8, 4) is 11.5 Å². The third-order valence-electron chi connectivity index (χ3n) is 3.73. The van der Waals surface area contributed by atoms with Crippen LogP contribution in [0.15, 0.2) is 27.4 Å². The first-order chi connectivity index (χ1) is 12.2. The second-order valence-electron chi connectivity index (χ2n) is 5.58. The average Bonchev–Trinajstić information content (AvgIpc) is 2.59. The molecule has 0 N–H and O–H groups in total. The molecule has 1 aromatic heterocycles.